The first-order valence-electron chi connectivity index (χ1n) is 7.61. The SMILES string of the molecule is CCCC1C(=O)NC(C)C(=O)N1Cc1c(C)cccc1C. The van der Waals surface area contributed by atoms with E-state index in [1.807, 2.05) is 13.0 Å². The lowest BCUT2D eigenvalue weighted by Crippen LogP contribution is -2.62. The molecule has 4 heteroatoms. The Kier molecular flexibility index (Phi) is 4.66. The number of nitrogens with zero attached hydrogens (tertiary/aromatic N) is 1. The molecule has 2 amide bonds. The predicted octanol–water partition coefficient (Wildman–Crippen LogP) is 2.32. The van der Waals surface area contributed by atoms with Crippen molar-refractivity contribution in [2.45, 2.75) is 59.2 Å². The van der Waals surface area contributed by atoms with E-state index in [2.05, 4.69) is 31.3 Å². The van der Waals surface area contributed by atoms with Crippen molar-refractivity contribution in [3.05, 3.63) is 34.9 Å². The Balaban J connectivity index is 2.32. The fourth-order valence-corrected chi connectivity index (χ4v) is 2.93. The van der Waals surface area contributed by atoms with Crippen LogP contribution >= 0.6 is 0 Å². The molecule has 1 aliphatic rings. The van der Waals surface area contributed by atoms with E-state index in [0.29, 0.717) is 13.0 Å². The van der Waals surface area contributed by atoms with Crippen LogP contribution in [-0.2, 0) is 16.1 Å². The van der Waals surface area contributed by atoms with E-state index in [1.54, 1.807) is 11.8 Å². The molecule has 2 unspecified atom stereocenters. The number of carbonyl (C=O) groups excluding carboxylic acids is 2. The monoisotopic (exact) mass is 288 g/mol. The molecular formula is C17H24N2O2. The fourth-order valence-electron chi connectivity index (χ4n) is 2.93. The molecule has 1 aromatic carbocycles. The number of carbonyl (C=O) groups is 2. The second-order valence-corrected chi connectivity index (χ2v) is 5.87. The van der Waals surface area contributed by atoms with Crippen molar-refractivity contribution in [3.63, 3.8) is 0 Å². The predicted molar refractivity (Wildman–Crippen MR) is 82.8 cm³/mol. The normalized spacial score (nSPS) is 22.4. The van der Waals surface area contributed by atoms with Crippen LogP contribution < -0.4 is 5.32 Å². The van der Waals surface area contributed by atoms with Gasteiger partial charge in [-0.3, -0.25) is 9.59 Å². The van der Waals surface area contributed by atoms with Gasteiger partial charge in [-0.25, -0.2) is 0 Å². The number of benzene rings is 1. The summed E-state index contributed by atoms with van der Waals surface area (Å²) < 4.78 is 0. The summed E-state index contributed by atoms with van der Waals surface area (Å²) in [6.07, 6.45) is 1.58. The Bertz CT molecular complexity index is 533. The minimum Gasteiger partial charge on any atom is -0.343 e. The van der Waals surface area contributed by atoms with Crippen molar-refractivity contribution < 1.29 is 9.59 Å². The molecule has 114 valence electrons. The molecule has 4 nitrogen and oxygen atoms in total. The third-order valence-corrected chi connectivity index (χ3v) is 4.23. The molecule has 0 saturated carbocycles. The quantitative estimate of drug-likeness (QED) is 0.924. The number of aryl methyl sites for hydroxylation is 2. The highest BCUT2D eigenvalue weighted by Crippen LogP contribution is 2.22. The van der Waals surface area contributed by atoms with E-state index in [9.17, 15) is 9.59 Å². The van der Waals surface area contributed by atoms with Crippen LogP contribution in [0.5, 0.6) is 0 Å². The van der Waals surface area contributed by atoms with Crippen LogP contribution in [0.25, 0.3) is 0 Å². The van der Waals surface area contributed by atoms with Crippen LogP contribution in [0.1, 0.15) is 43.4 Å². The Morgan fingerprint density at radius 2 is 1.81 bits per heavy atom. The van der Waals surface area contributed by atoms with Crippen LogP contribution in [0.3, 0.4) is 0 Å². The molecular weight excluding hydrogens is 264 g/mol. The zero-order chi connectivity index (χ0) is 15.6. The summed E-state index contributed by atoms with van der Waals surface area (Å²) in [6.45, 7) is 8.40. The van der Waals surface area contributed by atoms with E-state index >= 15 is 0 Å². The molecule has 21 heavy (non-hydrogen) atoms. The largest absolute Gasteiger partial charge is 0.343 e. The standard InChI is InChI=1S/C17H24N2O2/c1-5-7-15-16(20)18-13(4)17(21)19(15)10-14-11(2)8-6-9-12(14)3/h6,8-9,13,15H,5,7,10H2,1-4H3,(H,18,20). The van der Waals surface area contributed by atoms with E-state index in [0.717, 1.165) is 23.1 Å². The summed E-state index contributed by atoms with van der Waals surface area (Å²) in [5.41, 5.74) is 3.47. The molecule has 1 heterocycles. The Hall–Kier alpha value is -1.84. The molecule has 1 fully saturated rings. The zero-order valence-electron chi connectivity index (χ0n) is 13.3. The summed E-state index contributed by atoms with van der Waals surface area (Å²) in [5.74, 6) is -0.0223. The van der Waals surface area contributed by atoms with E-state index in [4.69, 9.17) is 0 Å². The van der Waals surface area contributed by atoms with Crippen LogP contribution in [-0.4, -0.2) is 28.8 Å². The van der Waals surface area contributed by atoms with Gasteiger partial charge in [0.15, 0.2) is 0 Å². The first-order chi connectivity index (χ1) is 9.95. The summed E-state index contributed by atoms with van der Waals surface area (Å²) in [5, 5.41) is 2.78. The van der Waals surface area contributed by atoms with E-state index in [1.165, 1.54) is 0 Å². The van der Waals surface area contributed by atoms with Crippen molar-refractivity contribution >= 4 is 11.8 Å². The fraction of sp³-hybridized carbons (Fsp3) is 0.529. The number of hydrogen-bond acceptors (Lipinski definition) is 2. The summed E-state index contributed by atoms with van der Waals surface area (Å²) in [7, 11) is 0. The van der Waals surface area contributed by atoms with Gasteiger partial charge in [0.25, 0.3) is 0 Å². The molecule has 0 aromatic heterocycles. The van der Waals surface area contributed by atoms with Crippen molar-refractivity contribution in [2.75, 3.05) is 0 Å². The molecule has 1 N–H and O–H groups in total. The van der Waals surface area contributed by atoms with Crippen molar-refractivity contribution in [1.82, 2.24) is 10.2 Å². The highest BCUT2D eigenvalue weighted by molar-refractivity contribution is 5.96. The number of piperazine rings is 1. The van der Waals surface area contributed by atoms with Gasteiger partial charge in [0.05, 0.1) is 0 Å². The maximum absolute atomic E-state index is 12.5. The number of rotatable bonds is 4. The Morgan fingerprint density at radius 1 is 1.19 bits per heavy atom. The molecule has 1 saturated heterocycles. The van der Waals surface area contributed by atoms with Gasteiger partial charge < -0.3 is 10.2 Å². The minimum absolute atomic E-state index is 0.00991. The third kappa shape index (κ3) is 3.09. The van der Waals surface area contributed by atoms with Crippen LogP contribution in [0.4, 0.5) is 0 Å². The van der Waals surface area contributed by atoms with Crippen molar-refractivity contribution in [2.24, 2.45) is 0 Å². The molecule has 0 aliphatic carbocycles. The molecule has 2 rings (SSSR count). The van der Waals surface area contributed by atoms with Crippen LogP contribution in [0.2, 0.25) is 0 Å². The summed E-state index contributed by atoms with van der Waals surface area (Å²) in [6, 6.07) is 5.34. The lowest BCUT2D eigenvalue weighted by atomic mass is 9.98. The molecule has 1 aromatic rings. The maximum Gasteiger partial charge on any atom is 0.245 e. The molecule has 0 spiro atoms. The van der Waals surface area contributed by atoms with E-state index in [-0.39, 0.29) is 17.9 Å². The van der Waals surface area contributed by atoms with Crippen molar-refractivity contribution in [1.29, 1.82) is 0 Å². The molecule has 0 bridgehead atoms. The topological polar surface area (TPSA) is 49.4 Å². The lowest BCUT2D eigenvalue weighted by molar-refractivity contribution is -0.149. The molecule has 2 atom stereocenters. The summed E-state index contributed by atoms with van der Waals surface area (Å²) in [4.78, 5) is 26.5. The first kappa shape index (κ1) is 15.5. The number of nitrogens with one attached hydrogen (secondary N) is 1. The molecule has 1 aliphatic heterocycles. The van der Waals surface area contributed by atoms with Crippen LogP contribution in [0, 0.1) is 13.8 Å². The third-order valence-electron chi connectivity index (χ3n) is 4.23. The van der Waals surface area contributed by atoms with Gasteiger partial charge >= 0.3 is 0 Å². The minimum atomic E-state index is -0.435. The van der Waals surface area contributed by atoms with Gasteiger partial charge in [-0.1, -0.05) is 31.5 Å². The van der Waals surface area contributed by atoms with Crippen molar-refractivity contribution in [3.8, 4) is 0 Å². The second-order valence-electron chi connectivity index (χ2n) is 5.87. The summed E-state index contributed by atoms with van der Waals surface area (Å²) >= 11 is 0. The van der Waals surface area contributed by atoms with Gasteiger partial charge in [-0.2, -0.15) is 0 Å². The first-order valence-corrected chi connectivity index (χ1v) is 7.61. The smallest absolute Gasteiger partial charge is 0.245 e. The second kappa shape index (κ2) is 6.29. The van der Waals surface area contributed by atoms with Gasteiger partial charge in [0, 0.05) is 6.54 Å². The molecule has 0 radical (unpaired) electrons. The average molecular weight is 288 g/mol. The highest BCUT2D eigenvalue weighted by atomic mass is 16.2. The Morgan fingerprint density at radius 3 is 2.38 bits per heavy atom. The Labute approximate surface area is 126 Å². The number of amides is 2. The average Bonchev–Trinajstić information content (AvgIpc) is 2.43. The number of hydrogen-bond donors (Lipinski definition) is 1. The van der Waals surface area contributed by atoms with Crippen LogP contribution in [0.15, 0.2) is 18.2 Å². The van der Waals surface area contributed by atoms with Gasteiger partial charge in [-0.05, 0) is 43.9 Å². The van der Waals surface area contributed by atoms with Gasteiger partial charge in [-0.15, -0.1) is 0 Å². The van der Waals surface area contributed by atoms with E-state index < -0.39 is 6.04 Å². The zero-order valence-corrected chi connectivity index (χ0v) is 13.3. The van der Waals surface area contributed by atoms with Gasteiger partial charge in [0.1, 0.15) is 12.1 Å². The van der Waals surface area contributed by atoms with Gasteiger partial charge in [0.2, 0.25) is 11.8 Å². The maximum atomic E-state index is 12.5. The highest BCUT2D eigenvalue weighted by Gasteiger charge is 2.38. The lowest BCUT2D eigenvalue weighted by Gasteiger charge is -2.38.